The number of hydrogen-bond donors (Lipinski definition) is 0. The Bertz CT molecular complexity index is 178. The van der Waals surface area contributed by atoms with Gasteiger partial charge in [0, 0.05) is 10.7 Å². The van der Waals surface area contributed by atoms with E-state index in [4.69, 9.17) is 10.7 Å². The summed E-state index contributed by atoms with van der Waals surface area (Å²) in [5.41, 5.74) is 0. The third kappa shape index (κ3) is 6.29. The van der Waals surface area contributed by atoms with E-state index in [-0.39, 0.29) is 12.2 Å². The van der Waals surface area contributed by atoms with Crippen LogP contribution >= 0.6 is 10.7 Å². The minimum atomic E-state index is -3.50. The van der Waals surface area contributed by atoms with Crippen molar-refractivity contribution in [1.82, 2.24) is 0 Å². The number of hydrogen-bond acceptors (Lipinski definition) is 2. The summed E-state index contributed by atoms with van der Waals surface area (Å²) in [5.74, 6) is -0.274. The summed E-state index contributed by atoms with van der Waals surface area (Å²) >= 11 is 0. The fourth-order valence-electron chi connectivity index (χ4n) is 0.473. The molecule has 0 aliphatic heterocycles. The van der Waals surface area contributed by atoms with Crippen molar-refractivity contribution < 1.29 is 12.8 Å². The molecular formula is C5H10ClFO2S. The Hall–Kier alpha value is 0.170. The van der Waals surface area contributed by atoms with Gasteiger partial charge in [-0.1, -0.05) is 6.92 Å². The lowest BCUT2D eigenvalue weighted by atomic mass is 10.2. The Balaban J connectivity index is 3.56. The topological polar surface area (TPSA) is 34.1 Å². The lowest BCUT2D eigenvalue weighted by molar-refractivity contribution is 0.316. The van der Waals surface area contributed by atoms with Crippen LogP contribution in [0.15, 0.2) is 0 Å². The molecule has 0 N–H and O–H groups in total. The van der Waals surface area contributed by atoms with Crippen LogP contribution in [0.4, 0.5) is 4.39 Å². The molecule has 0 fully saturated rings. The molecule has 0 spiro atoms. The molecule has 0 aromatic carbocycles. The van der Waals surface area contributed by atoms with Crippen LogP contribution in [0.1, 0.15) is 19.8 Å². The fraction of sp³-hybridized carbons (Fsp3) is 1.00. The van der Waals surface area contributed by atoms with E-state index in [1.807, 2.05) is 0 Å². The Kier molecular flexibility index (Phi) is 4.20. The lowest BCUT2D eigenvalue weighted by Crippen LogP contribution is -2.05. The average molecular weight is 189 g/mol. The molecule has 0 saturated carbocycles. The van der Waals surface area contributed by atoms with Crippen LogP contribution in [-0.2, 0) is 9.05 Å². The molecule has 0 aromatic heterocycles. The Morgan fingerprint density at radius 2 is 2.10 bits per heavy atom. The first-order valence-electron chi connectivity index (χ1n) is 3.02. The van der Waals surface area contributed by atoms with Gasteiger partial charge in [-0.15, -0.1) is 0 Å². The van der Waals surface area contributed by atoms with E-state index in [2.05, 4.69) is 0 Å². The highest BCUT2D eigenvalue weighted by Gasteiger charge is 2.09. The Labute approximate surface area is 64.8 Å². The molecule has 0 aromatic rings. The minimum Gasteiger partial charge on any atom is -0.247 e. The van der Waals surface area contributed by atoms with Crippen LogP contribution in [0.3, 0.4) is 0 Å². The smallest absolute Gasteiger partial charge is 0.232 e. The highest BCUT2D eigenvalue weighted by molar-refractivity contribution is 8.13. The average Bonchev–Trinajstić information content (AvgIpc) is 1.81. The molecule has 0 saturated heterocycles. The normalized spacial score (nSPS) is 15.1. The number of alkyl halides is 1. The zero-order valence-electron chi connectivity index (χ0n) is 5.68. The van der Waals surface area contributed by atoms with E-state index in [1.165, 1.54) is 0 Å². The van der Waals surface area contributed by atoms with E-state index in [0.717, 1.165) is 0 Å². The molecule has 5 heteroatoms. The van der Waals surface area contributed by atoms with Gasteiger partial charge in [-0.2, -0.15) is 0 Å². The molecule has 0 amide bonds. The summed E-state index contributed by atoms with van der Waals surface area (Å²) in [6.45, 7) is 1.66. The predicted molar refractivity (Wildman–Crippen MR) is 39.4 cm³/mol. The highest BCUT2D eigenvalue weighted by atomic mass is 35.7. The zero-order chi connectivity index (χ0) is 8.20. The minimum absolute atomic E-state index is 0.00231. The van der Waals surface area contributed by atoms with E-state index in [1.54, 1.807) is 6.92 Å². The lowest BCUT2D eigenvalue weighted by Gasteiger charge is -2.00. The first-order chi connectivity index (χ1) is 4.45. The van der Waals surface area contributed by atoms with Gasteiger partial charge in [0.1, 0.15) is 6.17 Å². The second-order valence-corrected chi connectivity index (χ2v) is 4.93. The van der Waals surface area contributed by atoms with Crippen molar-refractivity contribution in [3.05, 3.63) is 0 Å². The molecule has 0 bridgehead atoms. The first kappa shape index (κ1) is 10.2. The molecular weight excluding hydrogens is 179 g/mol. The number of halogens is 2. The van der Waals surface area contributed by atoms with Crippen molar-refractivity contribution in [2.75, 3.05) is 5.75 Å². The van der Waals surface area contributed by atoms with Crippen molar-refractivity contribution in [2.24, 2.45) is 0 Å². The number of rotatable bonds is 4. The molecule has 0 radical (unpaired) electrons. The molecule has 0 aliphatic rings. The van der Waals surface area contributed by atoms with Crippen molar-refractivity contribution in [2.45, 2.75) is 25.9 Å². The van der Waals surface area contributed by atoms with Gasteiger partial charge >= 0.3 is 0 Å². The van der Waals surface area contributed by atoms with Gasteiger partial charge in [0.15, 0.2) is 0 Å². The maximum atomic E-state index is 12.3. The van der Waals surface area contributed by atoms with Crippen LogP contribution in [0, 0.1) is 0 Å². The summed E-state index contributed by atoms with van der Waals surface area (Å²) in [6.07, 6.45) is -0.706. The van der Waals surface area contributed by atoms with Crippen molar-refractivity contribution in [3.63, 3.8) is 0 Å². The van der Waals surface area contributed by atoms with Crippen LogP contribution < -0.4 is 0 Å². The first-order valence-corrected chi connectivity index (χ1v) is 5.50. The van der Waals surface area contributed by atoms with Gasteiger partial charge < -0.3 is 0 Å². The van der Waals surface area contributed by atoms with Crippen molar-refractivity contribution in [1.29, 1.82) is 0 Å². The van der Waals surface area contributed by atoms with Gasteiger partial charge in [0.2, 0.25) is 9.05 Å². The maximum absolute atomic E-state index is 12.3. The van der Waals surface area contributed by atoms with Crippen LogP contribution in [-0.4, -0.2) is 20.3 Å². The largest absolute Gasteiger partial charge is 0.247 e. The van der Waals surface area contributed by atoms with Gasteiger partial charge in [-0.25, -0.2) is 12.8 Å². The van der Waals surface area contributed by atoms with Crippen molar-refractivity contribution in [3.8, 4) is 0 Å². The van der Waals surface area contributed by atoms with E-state index < -0.39 is 15.2 Å². The van der Waals surface area contributed by atoms with Gasteiger partial charge in [-0.3, -0.25) is 0 Å². The molecule has 0 heterocycles. The summed E-state index contributed by atoms with van der Waals surface area (Å²) in [6, 6.07) is 0. The molecule has 0 aliphatic carbocycles. The molecule has 1 atom stereocenters. The quantitative estimate of drug-likeness (QED) is 0.630. The van der Waals surface area contributed by atoms with Crippen LogP contribution in [0.2, 0.25) is 0 Å². The molecule has 1 unspecified atom stereocenters. The van der Waals surface area contributed by atoms with E-state index >= 15 is 0 Å². The molecule has 10 heavy (non-hydrogen) atoms. The standard InChI is InChI=1S/C5H10ClFO2S/c1-2-5(7)3-4-10(6,8)9/h5H,2-4H2,1H3. The molecule has 2 nitrogen and oxygen atoms in total. The van der Waals surface area contributed by atoms with Crippen molar-refractivity contribution >= 4 is 19.7 Å². The summed E-state index contributed by atoms with van der Waals surface area (Å²) in [4.78, 5) is 0. The maximum Gasteiger partial charge on any atom is 0.232 e. The van der Waals surface area contributed by atoms with Gasteiger partial charge in [0.25, 0.3) is 0 Å². The van der Waals surface area contributed by atoms with Gasteiger partial charge in [0.05, 0.1) is 5.75 Å². The molecule has 0 rings (SSSR count). The third-order valence-corrected chi connectivity index (χ3v) is 2.30. The summed E-state index contributed by atoms with van der Waals surface area (Å²) < 4.78 is 32.8. The summed E-state index contributed by atoms with van der Waals surface area (Å²) in [7, 11) is 1.34. The third-order valence-electron chi connectivity index (χ3n) is 1.12. The zero-order valence-corrected chi connectivity index (χ0v) is 7.25. The fourth-order valence-corrected chi connectivity index (χ4v) is 1.28. The second kappa shape index (κ2) is 4.13. The molecule has 62 valence electrons. The van der Waals surface area contributed by atoms with E-state index in [9.17, 15) is 12.8 Å². The van der Waals surface area contributed by atoms with Crippen LogP contribution in [0.5, 0.6) is 0 Å². The Morgan fingerprint density at radius 3 is 2.40 bits per heavy atom. The SMILES string of the molecule is CCC(F)CCS(=O)(=O)Cl. The predicted octanol–water partition coefficient (Wildman–Crippen LogP) is 1.69. The Morgan fingerprint density at radius 1 is 1.60 bits per heavy atom. The summed E-state index contributed by atoms with van der Waals surface area (Å²) in [5, 5.41) is 0. The van der Waals surface area contributed by atoms with Gasteiger partial charge in [-0.05, 0) is 12.8 Å². The second-order valence-electron chi connectivity index (χ2n) is 2.04. The van der Waals surface area contributed by atoms with Crippen LogP contribution in [0.25, 0.3) is 0 Å². The van der Waals surface area contributed by atoms with E-state index in [0.29, 0.717) is 6.42 Å². The monoisotopic (exact) mass is 188 g/mol. The highest BCUT2D eigenvalue weighted by Crippen LogP contribution is 2.07.